The summed E-state index contributed by atoms with van der Waals surface area (Å²) in [7, 11) is 0. The maximum absolute atomic E-state index is 9.60. The van der Waals surface area contributed by atoms with Crippen molar-refractivity contribution in [2.75, 3.05) is 0 Å². The van der Waals surface area contributed by atoms with Crippen LogP contribution in [0.1, 0.15) is 10.8 Å². The zero-order chi connectivity index (χ0) is 19.5. The fourth-order valence-corrected chi connectivity index (χ4v) is 3.96. The summed E-state index contributed by atoms with van der Waals surface area (Å²) in [5, 5.41) is 12.8. The molecule has 0 aliphatic rings. The van der Waals surface area contributed by atoms with Crippen molar-refractivity contribution in [3.8, 4) is 28.7 Å². The van der Waals surface area contributed by atoms with E-state index >= 15 is 0 Å². The number of allylic oxidation sites excluding steroid dienone is 1. The highest BCUT2D eigenvalue weighted by Crippen LogP contribution is 2.31. The van der Waals surface area contributed by atoms with Crippen molar-refractivity contribution in [3.63, 3.8) is 0 Å². The van der Waals surface area contributed by atoms with E-state index in [1.807, 2.05) is 66.0 Å². The van der Waals surface area contributed by atoms with Gasteiger partial charge in [0.05, 0.1) is 16.3 Å². The number of hydrogen-bond acceptors (Lipinski definition) is 4. The molecule has 2 aromatic carbocycles. The normalized spacial score (nSPS) is 11.4. The van der Waals surface area contributed by atoms with Gasteiger partial charge in [-0.05, 0) is 36.4 Å². The molecule has 0 atom stereocenters. The van der Waals surface area contributed by atoms with Crippen molar-refractivity contribution in [2.24, 2.45) is 0 Å². The maximum Gasteiger partial charge on any atom is 0.136 e. The SMILES string of the molecule is N#C/C(=C\c1ccc(-c2ccccc2Cl)o1)c1nc(-c2ccc(Br)cc2)cs1. The van der Waals surface area contributed by atoms with Crippen molar-refractivity contribution in [2.45, 2.75) is 0 Å². The smallest absolute Gasteiger partial charge is 0.136 e. The zero-order valence-corrected chi connectivity index (χ0v) is 17.6. The number of halogens is 2. The summed E-state index contributed by atoms with van der Waals surface area (Å²) in [6.45, 7) is 0. The Bertz CT molecular complexity index is 1200. The molecule has 4 aromatic rings. The van der Waals surface area contributed by atoms with Crippen LogP contribution in [0, 0.1) is 11.3 Å². The molecule has 28 heavy (non-hydrogen) atoms. The van der Waals surface area contributed by atoms with E-state index in [0.29, 0.717) is 27.1 Å². The molecule has 2 aromatic heterocycles. The van der Waals surface area contributed by atoms with Gasteiger partial charge in [0.2, 0.25) is 0 Å². The van der Waals surface area contributed by atoms with Crippen molar-refractivity contribution in [1.29, 1.82) is 5.26 Å². The number of thiazole rings is 1. The molecular formula is C22H12BrClN2OS. The second-order valence-electron chi connectivity index (χ2n) is 5.90. The second-order valence-corrected chi connectivity index (χ2v) is 8.08. The molecule has 0 amide bonds. The van der Waals surface area contributed by atoms with Crippen LogP contribution in [0.5, 0.6) is 0 Å². The average Bonchev–Trinajstić information content (AvgIpc) is 3.37. The standard InChI is InChI=1S/C22H12BrClN2OS/c23-16-7-5-14(6-8-16)20-13-28-22(26-20)15(12-25)11-17-9-10-21(27-17)18-3-1-2-4-19(18)24/h1-11,13H/b15-11+. The quantitative estimate of drug-likeness (QED) is 0.291. The molecule has 0 saturated carbocycles. The predicted octanol–water partition coefficient (Wildman–Crippen LogP) is 7.55. The van der Waals surface area contributed by atoms with E-state index in [4.69, 9.17) is 16.0 Å². The van der Waals surface area contributed by atoms with Gasteiger partial charge >= 0.3 is 0 Å². The Hall–Kier alpha value is -2.65. The molecule has 0 bridgehead atoms. The Balaban J connectivity index is 1.63. The summed E-state index contributed by atoms with van der Waals surface area (Å²) in [5.74, 6) is 1.23. The van der Waals surface area contributed by atoms with Gasteiger partial charge in [0.25, 0.3) is 0 Å². The number of hydrogen-bond donors (Lipinski definition) is 0. The van der Waals surface area contributed by atoms with Crippen LogP contribution in [0.3, 0.4) is 0 Å². The molecule has 0 fully saturated rings. The molecule has 3 nitrogen and oxygen atoms in total. The van der Waals surface area contributed by atoms with Crippen LogP contribution in [0.2, 0.25) is 5.02 Å². The first-order valence-corrected chi connectivity index (χ1v) is 10.4. The summed E-state index contributed by atoms with van der Waals surface area (Å²) >= 11 is 11.1. The molecule has 136 valence electrons. The largest absolute Gasteiger partial charge is 0.457 e. The Morgan fingerprint density at radius 3 is 2.64 bits per heavy atom. The lowest BCUT2D eigenvalue weighted by molar-refractivity contribution is 0.572. The van der Waals surface area contributed by atoms with Gasteiger partial charge in [-0.25, -0.2) is 4.98 Å². The van der Waals surface area contributed by atoms with Gasteiger partial charge < -0.3 is 4.42 Å². The van der Waals surface area contributed by atoms with Crippen LogP contribution >= 0.6 is 38.9 Å². The molecule has 0 N–H and O–H groups in total. The number of nitriles is 1. The molecule has 0 spiro atoms. The summed E-state index contributed by atoms with van der Waals surface area (Å²) in [6, 6.07) is 21.3. The van der Waals surface area contributed by atoms with Crippen LogP contribution in [-0.2, 0) is 0 Å². The van der Waals surface area contributed by atoms with Crippen molar-refractivity contribution < 1.29 is 4.42 Å². The van der Waals surface area contributed by atoms with Gasteiger partial charge in [0.1, 0.15) is 22.6 Å². The van der Waals surface area contributed by atoms with E-state index in [1.165, 1.54) is 11.3 Å². The van der Waals surface area contributed by atoms with Crippen molar-refractivity contribution >= 4 is 50.5 Å². The molecule has 0 unspecified atom stereocenters. The first-order valence-electron chi connectivity index (χ1n) is 8.32. The van der Waals surface area contributed by atoms with Crippen LogP contribution in [0.4, 0.5) is 0 Å². The number of rotatable bonds is 4. The highest BCUT2D eigenvalue weighted by Gasteiger charge is 2.12. The lowest BCUT2D eigenvalue weighted by Gasteiger charge is -1.99. The Kier molecular flexibility index (Phi) is 5.45. The zero-order valence-electron chi connectivity index (χ0n) is 14.4. The average molecular weight is 468 g/mol. The van der Waals surface area contributed by atoms with Crippen LogP contribution in [0.25, 0.3) is 34.2 Å². The van der Waals surface area contributed by atoms with Crippen LogP contribution in [0.15, 0.2) is 74.9 Å². The Morgan fingerprint density at radius 2 is 1.89 bits per heavy atom. The monoisotopic (exact) mass is 466 g/mol. The van der Waals surface area contributed by atoms with Crippen molar-refractivity contribution in [1.82, 2.24) is 4.98 Å². The minimum Gasteiger partial charge on any atom is -0.457 e. The molecule has 0 aliphatic heterocycles. The summed E-state index contributed by atoms with van der Waals surface area (Å²) in [4.78, 5) is 4.61. The third-order valence-electron chi connectivity index (χ3n) is 4.05. The number of furan rings is 1. The van der Waals surface area contributed by atoms with Crippen LogP contribution < -0.4 is 0 Å². The van der Waals surface area contributed by atoms with E-state index in [-0.39, 0.29) is 0 Å². The van der Waals surface area contributed by atoms with Crippen LogP contribution in [-0.4, -0.2) is 4.98 Å². The maximum atomic E-state index is 9.60. The molecule has 0 saturated heterocycles. The third-order valence-corrected chi connectivity index (χ3v) is 5.78. The molecule has 0 radical (unpaired) electrons. The van der Waals surface area contributed by atoms with Gasteiger partial charge in [-0.2, -0.15) is 5.26 Å². The molecular weight excluding hydrogens is 456 g/mol. The van der Waals surface area contributed by atoms with E-state index < -0.39 is 0 Å². The highest BCUT2D eigenvalue weighted by molar-refractivity contribution is 9.10. The molecule has 6 heteroatoms. The first kappa shape index (κ1) is 18.7. The lowest BCUT2D eigenvalue weighted by atomic mass is 10.2. The highest BCUT2D eigenvalue weighted by atomic mass is 79.9. The minimum absolute atomic E-state index is 0.452. The summed E-state index contributed by atoms with van der Waals surface area (Å²) in [5.41, 5.74) is 3.11. The van der Waals surface area contributed by atoms with E-state index in [9.17, 15) is 5.26 Å². The Labute approximate surface area is 179 Å². The topological polar surface area (TPSA) is 49.8 Å². The fourth-order valence-electron chi connectivity index (χ4n) is 2.67. The van der Waals surface area contributed by atoms with Crippen molar-refractivity contribution in [3.05, 3.63) is 86.3 Å². The summed E-state index contributed by atoms with van der Waals surface area (Å²) < 4.78 is 6.88. The summed E-state index contributed by atoms with van der Waals surface area (Å²) in [6.07, 6.45) is 1.70. The molecule has 4 rings (SSSR count). The van der Waals surface area contributed by atoms with Gasteiger partial charge in [-0.3, -0.25) is 0 Å². The second kappa shape index (κ2) is 8.15. The van der Waals surface area contributed by atoms with Gasteiger partial charge in [0, 0.05) is 27.1 Å². The lowest BCUT2D eigenvalue weighted by Crippen LogP contribution is -1.82. The predicted molar refractivity (Wildman–Crippen MR) is 118 cm³/mol. The van der Waals surface area contributed by atoms with E-state index in [0.717, 1.165) is 21.3 Å². The number of nitrogens with zero attached hydrogens (tertiary/aromatic N) is 2. The number of aromatic nitrogens is 1. The minimum atomic E-state index is 0.452. The third kappa shape index (κ3) is 3.95. The van der Waals surface area contributed by atoms with Gasteiger partial charge in [-0.1, -0.05) is 51.8 Å². The molecule has 2 heterocycles. The molecule has 0 aliphatic carbocycles. The fraction of sp³-hybridized carbons (Fsp3) is 0. The van der Waals surface area contributed by atoms with Gasteiger partial charge in [0.15, 0.2) is 0 Å². The number of benzene rings is 2. The van der Waals surface area contributed by atoms with E-state index in [1.54, 1.807) is 6.08 Å². The van der Waals surface area contributed by atoms with Gasteiger partial charge in [-0.15, -0.1) is 11.3 Å². The first-order chi connectivity index (χ1) is 13.6. The Morgan fingerprint density at radius 1 is 1.11 bits per heavy atom. The van der Waals surface area contributed by atoms with E-state index in [2.05, 4.69) is 27.0 Å².